The highest BCUT2D eigenvalue weighted by Crippen LogP contribution is 2.23. The Labute approximate surface area is 117 Å². The lowest BCUT2D eigenvalue weighted by molar-refractivity contribution is 0.0691. The maximum absolute atomic E-state index is 12.0. The zero-order valence-corrected chi connectivity index (χ0v) is 11.8. The molecule has 19 heavy (non-hydrogen) atoms. The third kappa shape index (κ3) is 2.96. The van der Waals surface area contributed by atoms with Crippen molar-refractivity contribution < 1.29 is 14.7 Å². The molecule has 2 aromatic heterocycles. The van der Waals surface area contributed by atoms with Gasteiger partial charge in [0.2, 0.25) is 0 Å². The van der Waals surface area contributed by atoms with E-state index in [0.29, 0.717) is 0 Å². The van der Waals surface area contributed by atoms with E-state index in [2.05, 4.69) is 15.3 Å². The van der Waals surface area contributed by atoms with Crippen LogP contribution in [0.2, 0.25) is 0 Å². The largest absolute Gasteiger partial charge is 0.476 e. The number of thiazole rings is 2. The molecule has 0 atom stereocenters. The highest BCUT2D eigenvalue weighted by atomic mass is 32.1. The summed E-state index contributed by atoms with van der Waals surface area (Å²) in [6, 6.07) is 0. The predicted molar refractivity (Wildman–Crippen MR) is 71.7 cm³/mol. The first-order valence-corrected chi connectivity index (χ1v) is 7.07. The van der Waals surface area contributed by atoms with Crippen LogP contribution in [0.4, 0.5) is 0 Å². The monoisotopic (exact) mass is 297 g/mol. The number of aromatic nitrogens is 2. The maximum Gasteiger partial charge on any atom is 0.355 e. The van der Waals surface area contributed by atoms with Crippen molar-refractivity contribution in [2.75, 3.05) is 0 Å². The van der Waals surface area contributed by atoms with E-state index in [-0.39, 0.29) is 10.7 Å². The molecular weight excluding hydrogens is 286 g/mol. The zero-order valence-electron chi connectivity index (χ0n) is 10.2. The molecule has 100 valence electrons. The first kappa shape index (κ1) is 13.6. The van der Waals surface area contributed by atoms with Gasteiger partial charge < -0.3 is 10.4 Å². The Morgan fingerprint density at radius 2 is 2.11 bits per heavy atom. The summed E-state index contributed by atoms with van der Waals surface area (Å²) in [4.78, 5) is 30.7. The van der Waals surface area contributed by atoms with Gasteiger partial charge in [-0.2, -0.15) is 0 Å². The molecule has 2 aromatic rings. The maximum atomic E-state index is 12.0. The van der Waals surface area contributed by atoms with Gasteiger partial charge in [0.25, 0.3) is 5.91 Å². The molecular formula is C11H11N3O3S2. The Hall–Kier alpha value is -1.80. The number of amides is 1. The highest BCUT2D eigenvalue weighted by Gasteiger charge is 2.27. The normalized spacial score (nSPS) is 11.3. The molecule has 2 N–H and O–H groups in total. The molecule has 2 heterocycles. The number of nitrogens with zero attached hydrogens (tertiary/aromatic N) is 2. The molecule has 0 aliphatic heterocycles. The van der Waals surface area contributed by atoms with E-state index in [1.165, 1.54) is 16.7 Å². The van der Waals surface area contributed by atoms with Gasteiger partial charge in [-0.15, -0.1) is 22.7 Å². The van der Waals surface area contributed by atoms with Crippen LogP contribution in [-0.2, 0) is 5.54 Å². The van der Waals surface area contributed by atoms with Crippen LogP contribution in [0.1, 0.15) is 39.1 Å². The third-order valence-electron chi connectivity index (χ3n) is 2.31. The average molecular weight is 297 g/mol. The Bertz CT molecular complexity index is 604. The van der Waals surface area contributed by atoms with Crippen molar-refractivity contribution in [1.29, 1.82) is 0 Å². The second kappa shape index (κ2) is 5.06. The third-order valence-corrected chi connectivity index (χ3v) is 4.25. The molecule has 0 bridgehead atoms. The van der Waals surface area contributed by atoms with Crippen LogP contribution in [0.3, 0.4) is 0 Å². The molecule has 8 heteroatoms. The lowest BCUT2D eigenvalue weighted by atomic mass is 10.1. The fourth-order valence-electron chi connectivity index (χ4n) is 1.40. The van der Waals surface area contributed by atoms with Gasteiger partial charge in [-0.05, 0) is 13.8 Å². The van der Waals surface area contributed by atoms with Crippen molar-refractivity contribution in [1.82, 2.24) is 15.3 Å². The standard InChI is InChI=1S/C11H11N3O3S2/c1-11(2,10-12-3-4-18-10)14-7(15)8-13-6(5-19-8)9(16)17/h3-5H,1-2H3,(H,14,15)(H,16,17). The van der Waals surface area contributed by atoms with Crippen LogP contribution in [0, 0.1) is 0 Å². The van der Waals surface area contributed by atoms with Crippen LogP contribution >= 0.6 is 22.7 Å². The second-order valence-electron chi connectivity index (χ2n) is 4.26. The number of carbonyl (C=O) groups excluding carboxylic acids is 1. The van der Waals surface area contributed by atoms with Gasteiger partial charge in [-0.3, -0.25) is 4.79 Å². The number of hydrogen-bond acceptors (Lipinski definition) is 6. The molecule has 0 aliphatic rings. The Morgan fingerprint density at radius 3 is 2.63 bits per heavy atom. The van der Waals surface area contributed by atoms with Gasteiger partial charge in [0.05, 0.1) is 5.54 Å². The van der Waals surface area contributed by atoms with E-state index in [0.717, 1.165) is 16.3 Å². The minimum Gasteiger partial charge on any atom is -0.476 e. The number of aromatic carboxylic acids is 1. The number of carbonyl (C=O) groups is 2. The van der Waals surface area contributed by atoms with Gasteiger partial charge in [0, 0.05) is 17.0 Å². The van der Waals surface area contributed by atoms with Gasteiger partial charge in [-0.25, -0.2) is 14.8 Å². The summed E-state index contributed by atoms with van der Waals surface area (Å²) >= 11 is 2.44. The van der Waals surface area contributed by atoms with Crippen molar-refractivity contribution in [3.8, 4) is 0 Å². The molecule has 0 aromatic carbocycles. The van der Waals surface area contributed by atoms with E-state index >= 15 is 0 Å². The van der Waals surface area contributed by atoms with Crippen molar-refractivity contribution in [2.24, 2.45) is 0 Å². The zero-order chi connectivity index (χ0) is 14.0. The number of carboxylic acid groups (broad SMARTS) is 1. The quantitative estimate of drug-likeness (QED) is 0.900. The molecule has 0 fully saturated rings. The number of rotatable bonds is 4. The summed E-state index contributed by atoms with van der Waals surface area (Å²) in [6.07, 6.45) is 1.67. The molecule has 0 saturated carbocycles. The lowest BCUT2D eigenvalue weighted by Crippen LogP contribution is -2.40. The van der Waals surface area contributed by atoms with E-state index in [1.54, 1.807) is 6.20 Å². The first-order valence-electron chi connectivity index (χ1n) is 5.31. The van der Waals surface area contributed by atoms with Crippen LogP contribution in [0.5, 0.6) is 0 Å². The van der Waals surface area contributed by atoms with Gasteiger partial charge >= 0.3 is 5.97 Å². The van der Waals surface area contributed by atoms with E-state index in [4.69, 9.17) is 5.11 Å². The predicted octanol–water partition coefficient (Wildman–Crippen LogP) is 1.96. The highest BCUT2D eigenvalue weighted by molar-refractivity contribution is 7.12. The Morgan fingerprint density at radius 1 is 1.37 bits per heavy atom. The molecule has 0 unspecified atom stereocenters. The second-order valence-corrected chi connectivity index (χ2v) is 6.01. The van der Waals surface area contributed by atoms with Crippen LogP contribution in [0.25, 0.3) is 0 Å². The van der Waals surface area contributed by atoms with Gasteiger partial charge in [0.1, 0.15) is 5.01 Å². The molecule has 6 nitrogen and oxygen atoms in total. The molecule has 0 radical (unpaired) electrons. The Kier molecular flexibility index (Phi) is 3.63. The molecule has 2 rings (SSSR count). The van der Waals surface area contributed by atoms with Crippen molar-refractivity contribution in [3.05, 3.63) is 32.7 Å². The van der Waals surface area contributed by atoms with Crippen LogP contribution < -0.4 is 5.32 Å². The smallest absolute Gasteiger partial charge is 0.355 e. The van der Waals surface area contributed by atoms with Gasteiger partial charge in [-0.1, -0.05) is 0 Å². The molecule has 1 amide bonds. The van der Waals surface area contributed by atoms with Crippen LogP contribution in [0.15, 0.2) is 17.0 Å². The summed E-state index contributed by atoms with van der Waals surface area (Å²) in [5.74, 6) is -1.55. The fraction of sp³-hybridized carbons (Fsp3) is 0.273. The molecule has 0 spiro atoms. The number of carboxylic acids is 1. The minimum absolute atomic E-state index is 0.123. The SMILES string of the molecule is CC(C)(NC(=O)c1nc(C(=O)O)cs1)c1nccs1. The molecule has 0 aliphatic carbocycles. The van der Waals surface area contributed by atoms with E-state index in [1.807, 2.05) is 19.2 Å². The topological polar surface area (TPSA) is 92.2 Å². The minimum atomic E-state index is -1.14. The summed E-state index contributed by atoms with van der Waals surface area (Å²) < 4.78 is 0. The fourth-order valence-corrected chi connectivity index (χ4v) is 2.80. The first-order chi connectivity index (χ1) is 8.90. The molecule has 0 saturated heterocycles. The summed E-state index contributed by atoms with van der Waals surface area (Å²) in [5.41, 5.74) is -0.748. The summed E-state index contributed by atoms with van der Waals surface area (Å²) in [5, 5.41) is 15.6. The van der Waals surface area contributed by atoms with E-state index < -0.39 is 17.4 Å². The van der Waals surface area contributed by atoms with Crippen LogP contribution in [-0.4, -0.2) is 27.0 Å². The van der Waals surface area contributed by atoms with Crippen molar-refractivity contribution >= 4 is 34.6 Å². The number of nitrogens with one attached hydrogen (secondary N) is 1. The lowest BCUT2D eigenvalue weighted by Gasteiger charge is -2.22. The van der Waals surface area contributed by atoms with Gasteiger partial charge in [0.15, 0.2) is 10.7 Å². The Balaban J connectivity index is 2.14. The summed E-state index contributed by atoms with van der Waals surface area (Å²) in [7, 11) is 0. The van der Waals surface area contributed by atoms with Crippen molar-refractivity contribution in [2.45, 2.75) is 19.4 Å². The van der Waals surface area contributed by atoms with Crippen molar-refractivity contribution in [3.63, 3.8) is 0 Å². The average Bonchev–Trinajstić information content (AvgIpc) is 3.00. The summed E-state index contributed by atoms with van der Waals surface area (Å²) in [6.45, 7) is 3.66. The number of hydrogen-bond donors (Lipinski definition) is 2. The van der Waals surface area contributed by atoms with E-state index in [9.17, 15) is 9.59 Å².